The molecule has 0 saturated heterocycles. The van der Waals surface area contributed by atoms with Crippen LogP contribution in [-0.4, -0.2) is 15.5 Å². The van der Waals surface area contributed by atoms with Gasteiger partial charge in [-0.05, 0) is 35.7 Å². The van der Waals surface area contributed by atoms with E-state index in [1.165, 1.54) is 19.2 Å². The second-order valence-electron chi connectivity index (χ2n) is 4.81. The van der Waals surface area contributed by atoms with Crippen LogP contribution in [0.25, 0.3) is 10.8 Å². The summed E-state index contributed by atoms with van der Waals surface area (Å²) < 4.78 is 32.7. The lowest BCUT2D eigenvalue weighted by Gasteiger charge is -2.11. The summed E-state index contributed by atoms with van der Waals surface area (Å²) in [7, 11) is -2.10. The number of fused-ring (bicyclic) bond motifs is 1. The van der Waals surface area contributed by atoms with E-state index in [1.54, 1.807) is 18.2 Å². The summed E-state index contributed by atoms with van der Waals surface area (Å²) in [5, 5.41) is 1.85. The van der Waals surface area contributed by atoms with Crippen LogP contribution < -0.4 is 9.46 Å². The summed E-state index contributed by atoms with van der Waals surface area (Å²) in [6.45, 7) is 0. The minimum absolute atomic E-state index is 0.196. The van der Waals surface area contributed by atoms with Crippen molar-refractivity contribution in [2.45, 2.75) is 4.90 Å². The van der Waals surface area contributed by atoms with Crippen molar-refractivity contribution in [3.63, 3.8) is 0 Å². The van der Waals surface area contributed by atoms with Gasteiger partial charge in [-0.15, -0.1) is 0 Å². The number of methoxy groups -OCH3 is 1. The van der Waals surface area contributed by atoms with Crippen LogP contribution in [0.3, 0.4) is 0 Å². The van der Waals surface area contributed by atoms with Gasteiger partial charge in [-0.3, -0.25) is 4.72 Å². The Hall–Kier alpha value is -2.53. The zero-order valence-electron chi connectivity index (χ0n) is 12.0. The second kappa shape index (κ2) is 5.69. The number of sulfonamides is 1. The number of hydrogen-bond donors (Lipinski definition) is 1. The molecule has 0 aromatic heterocycles. The average molecular weight is 313 g/mol. The molecule has 0 aliphatic carbocycles. The van der Waals surface area contributed by atoms with Gasteiger partial charge in [0.25, 0.3) is 10.0 Å². The monoisotopic (exact) mass is 313 g/mol. The predicted octanol–water partition coefficient (Wildman–Crippen LogP) is 3.65. The maximum absolute atomic E-state index is 12.5. The van der Waals surface area contributed by atoms with E-state index in [9.17, 15) is 8.42 Å². The zero-order valence-corrected chi connectivity index (χ0v) is 12.8. The van der Waals surface area contributed by atoms with Crippen molar-refractivity contribution in [1.29, 1.82) is 0 Å². The van der Waals surface area contributed by atoms with Gasteiger partial charge in [0.15, 0.2) is 0 Å². The highest BCUT2D eigenvalue weighted by molar-refractivity contribution is 7.92. The third-order valence-corrected chi connectivity index (χ3v) is 4.79. The average Bonchev–Trinajstić information content (AvgIpc) is 2.55. The highest BCUT2D eigenvalue weighted by atomic mass is 32.2. The van der Waals surface area contributed by atoms with Crippen LogP contribution in [0.15, 0.2) is 71.6 Å². The van der Waals surface area contributed by atoms with Gasteiger partial charge in [-0.25, -0.2) is 8.42 Å². The molecule has 0 saturated carbocycles. The molecular weight excluding hydrogens is 298 g/mol. The molecule has 3 aromatic carbocycles. The molecule has 22 heavy (non-hydrogen) atoms. The molecule has 0 unspecified atom stereocenters. The van der Waals surface area contributed by atoms with Crippen molar-refractivity contribution in [2.75, 3.05) is 11.8 Å². The summed E-state index contributed by atoms with van der Waals surface area (Å²) in [5.41, 5.74) is 0.564. The first-order valence-corrected chi connectivity index (χ1v) is 8.23. The van der Waals surface area contributed by atoms with E-state index >= 15 is 0 Å². The maximum atomic E-state index is 12.5. The van der Waals surface area contributed by atoms with Crippen LogP contribution in [0, 0.1) is 0 Å². The van der Waals surface area contributed by atoms with Crippen LogP contribution in [0.1, 0.15) is 0 Å². The number of rotatable bonds is 4. The predicted molar refractivity (Wildman–Crippen MR) is 87.8 cm³/mol. The van der Waals surface area contributed by atoms with Crippen LogP contribution in [0.2, 0.25) is 0 Å². The van der Waals surface area contributed by atoms with Gasteiger partial charge in [0.1, 0.15) is 5.75 Å². The topological polar surface area (TPSA) is 55.4 Å². The molecule has 5 heteroatoms. The summed E-state index contributed by atoms with van der Waals surface area (Å²) in [4.78, 5) is 0.196. The summed E-state index contributed by atoms with van der Waals surface area (Å²) in [6.07, 6.45) is 0. The Morgan fingerprint density at radius 1 is 0.864 bits per heavy atom. The van der Waals surface area contributed by atoms with E-state index < -0.39 is 10.0 Å². The Bertz CT molecular complexity index is 897. The maximum Gasteiger partial charge on any atom is 0.261 e. The molecule has 1 N–H and O–H groups in total. The van der Waals surface area contributed by atoms with Crippen molar-refractivity contribution in [2.24, 2.45) is 0 Å². The Balaban J connectivity index is 1.99. The molecule has 0 radical (unpaired) electrons. The molecule has 4 nitrogen and oxygen atoms in total. The van der Waals surface area contributed by atoms with E-state index in [-0.39, 0.29) is 4.90 Å². The molecule has 0 fully saturated rings. The standard InChI is InChI=1S/C17H15NO3S/c1-21-14-9-11-15(12-10-14)22(19,20)18-17-8-4-6-13-5-2-3-7-16(13)17/h2-12,18H,1H3. The smallest absolute Gasteiger partial charge is 0.261 e. The Morgan fingerprint density at radius 3 is 2.27 bits per heavy atom. The second-order valence-corrected chi connectivity index (χ2v) is 6.49. The van der Waals surface area contributed by atoms with Crippen molar-refractivity contribution in [3.05, 3.63) is 66.7 Å². The fraction of sp³-hybridized carbons (Fsp3) is 0.0588. The molecule has 0 amide bonds. The molecule has 3 aromatic rings. The number of hydrogen-bond acceptors (Lipinski definition) is 3. The zero-order chi connectivity index (χ0) is 15.6. The Morgan fingerprint density at radius 2 is 1.55 bits per heavy atom. The van der Waals surface area contributed by atoms with Gasteiger partial charge in [-0.1, -0.05) is 36.4 Å². The van der Waals surface area contributed by atoms with Gasteiger partial charge in [0.2, 0.25) is 0 Å². The highest BCUT2D eigenvalue weighted by Crippen LogP contribution is 2.26. The minimum Gasteiger partial charge on any atom is -0.497 e. The van der Waals surface area contributed by atoms with Gasteiger partial charge in [0, 0.05) is 5.39 Å². The van der Waals surface area contributed by atoms with Crippen LogP contribution >= 0.6 is 0 Å². The van der Waals surface area contributed by atoms with E-state index in [0.717, 1.165) is 10.8 Å². The molecule has 112 valence electrons. The van der Waals surface area contributed by atoms with Gasteiger partial charge in [-0.2, -0.15) is 0 Å². The molecule has 0 bridgehead atoms. The first-order valence-electron chi connectivity index (χ1n) is 6.75. The van der Waals surface area contributed by atoms with Gasteiger partial charge in [0.05, 0.1) is 17.7 Å². The number of benzene rings is 3. The molecule has 0 heterocycles. The third-order valence-electron chi connectivity index (χ3n) is 3.40. The van der Waals surface area contributed by atoms with Crippen LogP contribution in [0.5, 0.6) is 5.75 Å². The van der Waals surface area contributed by atoms with Crippen molar-refractivity contribution in [3.8, 4) is 5.75 Å². The SMILES string of the molecule is COc1ccc(S(=O)(=O)Nc2cccc3ccccc23)cc1. The van der Waals surface area contributed by atoms with Gasteiger partial charge >= 0.3 is 0 Å². The number of nitrogens with one attached hydrogen (secondary N) is 1. The Labute approximate surface area is 129 Å². The van der Waals surface area contributed by atoms with Crippen molar-refractivity contribution >= 4 is 26.5 Å². The molecule has 0 spiro atoms. The fourth-order valence-electron chi connectivity index (χ4n) is 2.27. The van der Waals surface area contributed by atoms with Gasteiger partial charge < -0.3 is 4.74 Å². The molecule has 0 atom stereocenters. The fourth-order valence-corrected chi connectivity index (χ4v) is 3.35. The Kier molecular flexibility index (Phi) is 3.73. The summed E-state index contributed by atoms with van der Waals surface area (Å²) in [6, 6.07) is 19.4. The van der Waals surface area contributed by atoms with E-state index in [4.69, 9.17) is 4.74 Å². The lowest BCUT2D eigenvalue weighted by Crippen LogP contribution is -2.13. The lowest BCUT2D eigenvalue weighted by atomic mass is 10.1. The van der Waals surface area contributed by atoms with Crippen molar-refractivity contribution in [1.82, 2.24) is 0 Å². The van der Waals surface area contributed by atoms with E-state index in [1.807, 2.05) is 36.4 Å². The summed E-state index contributed by atoms with van der Waals surface area (Å²) >= 11 is 0. The number of anilines is 1. The van der Waals surface area contributed by atoms with E-state index in [0.29, 0.717) is 11.4 Å². The molecule has 0 aliphatic rings. The van der Waals surface area contributed by atoms with E-state index in [2.05, 4.69) is 4.72 Å². The van der Waals surface area contributed by atoms with Crippen molar-refractivity contribution < 1.29 is 13.2 Å². The molecular formula is C17H15NO3S. The molecule has 3 rings (SSSR count). The largest absolute Gasteiger partial charge is 0.497 e. The highest BCUT2D eigenvalue weighted by Gasteiger charge is 2.15. The third kappa shape index (κ3) is 2.76. The lowest BCUT2D eigenvalue weighted by molar-refractivity contribution is 0.414. The van der Waals surface area contributed by atoms with Crippen LogP contribution in [-0.2, 0) is 10.0 Å². The minimum atomic E-state index is -3.64. The number of ether oxygens (including phenoxy) is 1. The quantitative estimate of drug-likeness (QED) is 0.800. The summed E-state index contributed by atoms with van der Waals surface area (Å²) in [5.74, 6) is 0.615. The normalized spacial score (nSPS) is 11.3. The first-order chi connectivity index (χ1) is 10.6. The van der Waals surface area contributed by atoms with Crippen LogP contribution in [0.4, 0.5) is 5.69 Å². The molecule has 0 aliphatic heterocycles. The first kappa shape index (κ1) is 14.4.